The van der Waals surface area contributed by atoms with E-state index in [9.17, 15) is 9.59 Å². The molecular weight excluding hydrogens is 294 g/mol. The van der Waals surface area contributed by atoms with Gasteiger partial charge in [-0.3, -0.25) is 14.6 Å². The van der Waals surface area contributed by atoms with E-state index in [1.54, 1.807) is 0 Å². The number of pyridine rings is 1. The van der Waals surface area contributed by atoms with Crippen LogP contribution in [-0.4, -0.2) is 37.6 Å². The number of fused-ring (bicyclic) bond motifs is 1. The zero-order chi connectivity index (χ0) is 16.7. The molecule has 0 aliphatic carbocycles. The number of para-hydroxylation sites is 1. The Hall–Kier alpha value is -2.63. The van der Waals surface area contributed by atoms with Gasteiger partial charge in [0, 0.05) is 35.4 Å². The number of hydrogen-bond acceptors (Lipinski definition) is 5. The molecule has 0 saturated carbocycles. The lowest BCUT2D eigenvalue weighted by Gasteiger charge is -2.16. The Morgan fingerprint density at radius 3 is 2.83 bits per heavy atom. The molecule has 2 aromatic rings. The molecule has 0 bridgehead atoms. The molecule has 1 aromatic carbocycles. The highest BCUT2D eigenvalue weighted by Crippen LogP contribution is 2.29. The topological polar surface area (TPSA) is 80.3 Å². The first-order valence-electron chi connectivity index (χ1n) is 7.53. The fourth-order valence-electron chi connectivity index (χ4n) is 2.47. The van der Waals surface area contributed by atoms with Gasteiger partial charge in [0.1, 0.15) is 0 Å². The number of nitrogens with one attached hydrogen (secondary N) is 2. The monoisotopic (exact) mass is 315 g/mol. The van der Waals surface area contributed by atoms with Crippen LogP contribution in [-0.2, 0) is 20.7 Å². The van der Waals surface area contributed by atoms with Gasteiger partial charge in [-0.25, -0.2) is 0 Å². The molecule has 1 heterocycles. The summed E-state index contributed by atoms with van der Waals surface area (Å²) in [4.78, 5) is 26.6. The van der Waals surface area contributed by atoms with Crippen molar-refractivity contribution in [3.63, 3.8) is 0 Å². The zero-order valence-electron chi connectivity index (χ0n) is 13.4. The molecule has 0 atom stereocenters. The van der Waals surface area contributed by atoms with Crippen molar-refractivity contribution in [2.24, 2.45) is 0 Å². The van der Waals surface area contributed by atoms with Crippen LogP contribution in [0.4, 0.5) is 5.69 Å². The van der Waals surface area contributed by atoms with Crippen molar-refractivity contribution < 1.29 is 14.3 Å². The molecule has 0 saturated heterocycles. The van der Waals surface area contributed by atoms with Crippen molar-refractivity contribution in [3.8, 4) is 0 Å². The summed E-state index contributed by atoms with van der Waals surface area (Å²) in [5.41, 5.74) is 3.44. The lowest BCUT2D eigenvalue weighted by molar-refractivity contribution is -0.139. The van der Waals surface area contributed by atoms with E-state index in [0.717, 1.165) is 34.3 Å². The first-order valence-corrected chi connectivity index (χ1v) is 7.53. The van der Waals surface area contributed by atoms with Crippen LogP contribution in [0.3, 0.4) is 0 Å². The summed E-state index contributed by atoms with van der Waals surface area (Å²) in [6.45, 7) is 3.18. The number of ether oxygens (including phenoxy) is 1. The van der Waals surface area contributed by atoms with Gasteiger partial charge in [-0.05, 0) is 19.4 Å². The summed E-state index contributed by atoms with van der Waals surface area (Å²) in [6, 6.07) is 7.81. The Balaban J connectivity index is 2.33. The highest BCUT2D eigenvalue weighted by molar-refractivity contribution is 5.95. The lowest BCUT2D eigenvalue weighted by Crippen LogP contribution is -2.17. The molecule has 6 nitrogen and oxygen atoms in total. The number of carbonyl (C=O) groups is 2. The Morgan fingerprint density at radius 1 is 1.30 bits per heavy atom. The number of aromatic nitrogens is 1. The van der Waals surface area contributed by atoms with Gasteiger partial charge in [0.2, 0.25) is 6.41 Å². The quantitative estimate of drug-likeness (QED) is 0.441. The van der Waals surface area contributed by atoms with Gasteiger partial charge in [-0.2, -0.15) is 0 Å². The van der Waals surface area contributed by atoms with E-state index >= 15 is 0 Å². The van der Waals surface area contributed by atoms with E-state index in [1.807, 2.05) is 31.2 Å². The highest BCUT2D eigenvalue weighted by Gasteiger charge is 2.15. The van der Waals surface area contributed by atoms with Crippen molar-refractivity contribution in [3.05, 3.63) is 35.5 Å². The van der Waals surface area contributed by atoms with Crippen LogP contribution in [0.15, 0.2) is 24.3 Å². The van der Waals surface area contributed by atoms with Crippen LogP contribution in [0, 0.1) is 6.92 Å². The second kappa shape index (κ2) is 8.12. The fraction of sp³-hybridized carbons (Fsp3) is 0.353. The fourth-order valence-corrected chi connectivity index (χ4v) is 2.47. The van der Waals surface area contributed by atoms with Gasteiger partial charge < -0.3 is 15.4 Å². The summed E-state index contributed by atoms with van der Waals surface area (Å²) >= 11 is 0. The summed E-state index contributed by atoms with van der Waals surface area (Å²) in [5.74, 6) is -0.296. The van der Waals surface area contributed by atoms with Crippen molar-refractivity contribution in [1.29, 1.82) is 0 Å². The largest absolute Gasteiger partial charge is 0.469 e. The van der Waals surface area contributed by atoms with Gasteiger partial charge in [0.15, 0.2) is 0 Å². The molecule has 0 aliphatic heterocycles. The zero-order valence-corrected chi connectivity index (χ0v) is 13.4. The minimum Gasteiger partial charge on any atom is -0.469 e. The third-order valence-electron chi connectivity index (χ3n) is 3.63. The number of anilines is 1. The number of rotatable bonds is 8. The van der Waals surface area contributed by atoms with E-state index in [0.29, 0.717) is 19.5 Å². The molecule has 122 valence electrons. The lowest BCUT2D eigenvalue weighted by atomic mass is 10.0. The third kappa shape index (κ3) is 4.18. The number of aryl methyl sites for hydroxylation is 1. The number of nitrogens with zero attached hydrogens (tertiary/aromatic N) is 1. The van der Waals surface area contributed by atoms with E-state index in [2.05, 4.69) is 15.6 Å². The van der Waals surface area contributed by atoms with Crippen LogP contribution in [0.5, 0.6) is 0 Å². The summed E-state index contributed by atoms with van der Waals surface area (Å²) in [7, 11) is 1.38. The predicted octanol–water partition coefficient (Wildman–Crippen LogP) is 1.81. The second-order valence-corrected chi connectivity index (χ2v) is 5.17. The third-order valence-corrected chi connectivity index (χ3v) is 3.63. The van der Waals surface area contributed by atoms with Crippen molar-refractivity contribution in [2.75, 3.05) is 25.5 Å². The Morgan fingerprint density at radius 2 is 2.09 bits per heavy atom. The summed E-state index contributed by atoms with van der Waals surface area (Å²) < 4.78 is 4.79. The number of hydrogen-bond donors (Lipinski definition) is 2. The minimum atomic E-state index is -0.296. The van der Waals surface area contributed by atoms with E-state index in [1.165, 1.54) is 7.11 Å². The molecule has 0 unspecified atom stereocenters. The number of methoxy groups -OCH3 is 1. The molecule has 1 aromatic heterocycles. The number of esters is 1. The number of carbonyl (C=O) groups excluding carboxylic acids is 2. The average Bonchev–Trinajstić information content (AvgIpc) is 2.56. The highest BCUT2D eigenvalue weighted by atomic mass is 16.5. The van der Waals surface area contributed by atoms with Crippen molar-refractivity contribution in [1.82, 2.24) is 10.3 Å². The maximum atomic E-state index is 11.7. The van der Waals surface area contributed by atoms with Crippen LogP contribution in [0.25, 0.3) is 10.9 Å². The van der Waals surface area contributed by atoms with Crippen molar-refractivity contribution >= 4 is 29.0 Å². The van der Waals surface area contributed by atoms with Crippen LogP contribution >= 0.6 is 0 Å². The van der Waals surface area contributed by atoms with Crippen LogP contribution in [0.1, 0.15) is 17.7 Å². The van der Waals surface area contributed by atoms with E-state index in [4.69, 9.17) is 4.74 Å². The molecule has 2 rings (SSSR count). The first kappa shape index (κ1) is 16.7. The second-order valence-electron chi connectivity index (χ2n) is 5.17. The molecule has 0 spiro atoms. The Bertz CT molecular complexity index is 701. The maximum Gasteiger partial charge on any atom is 0.310 e. The van der Waals surface area contributed by atoms with Gasteiger partial charge in [0.05, 0.1) is 19.0 Å². The molecule has 6 heteroatoms. The summed E-state index contributed by atoms with van der Waals surface area (Å²) in [6.07, 6.45) is 1.65. The smallest absolute Gasteiger partial charge is 0.310 e. The van der Waals surface area contributed by atoms with Gasteiger partial charge >= 0.3 is 5.97 Å². The molecular formula is C17H21N3O3. The van der Waals surface area contributed by atoms with Gasteiger partial charge in [-0.15, -0.1) is 0 Å². The normalized spacial score (nSPS) is 10.3. The van der Waals surface area contributed by atoms with E-state index < -0.39 is 0 Å². The van der Waals surface area contributed by atoms with Crippen LogP contribution in [0.2, 0.25) is 0 Å². The number of amides is 1. The predicted molar refractivity (Wildman–Crippen MR) is 89.4 cm³/mol. The van der Waals surface area contributed by atoms with E-state index in [-0.39, 0.29) is 12.4 Å². The SMILES string of the molecule is COC(=O)Cc1c(C)nc2ccccc2c1NCCCNC=O. The molecule has 23 heavy (non-hydrogen) atoms. The Labute approximate surface area is 135 Å². The maximum absolute atomic E-state index is 11.7. The summed E-state index contributed by atoms with van der Waals surface area (Å²) in [5, 5.41) is 6.99. The van der Waals surface area contributed by atoms with Gasteiger partial charge in [-0.1, -0.05) is 18.2 Å². The van der Waals surface area contributed by atoms with Crippen molar-refractivity contribution in [2.45, 2.75) is 19.8 Å². The standard InChI is InChI=1S/C17H21N3O3/c1-12-14(10-16(22)23-2)17(19-9-5-8-18-11-21)13-6-3-4-7-15(13)20-12/h3-4,6-7,11H,5,8-10H2,1-2H3,(H,18,21)(H,19,20). The van der Waals surface area contributed by atoms with Crippen LogP contribution < -0.4 is 10.6 Å². The molecule has 1 amide bonds. The molecule has 0 fully saturated rings. The Kier molecular flexibility index (Phi) is 5.91. The number of benzene rings is 1. The first-order chi connectivity index (χ1) is 11.2. The minimum absolute atomic E-state index is 0.176. The molecule has 2 N–H and O–H groups in total. The molecule has 0 radical (unpaired) electrons. The average molecular weight is 315 g/mol. The molecule has 0 aliphatic rings. The van der Waals surface area contributed by atoms with Gasteiger partial charge in [0.25, 0.3) is 0 Å².